The number of hydrogen-bond donors (Lipinski definition) is 1. The van der Waals surface area contributed by atoms with E-state index in [1.165, 1.54) is 24.3 Å². The molecule has 0 aliphatic carbocycles. The average Bonchev–Trinajstić information content (AvgIpc) is 2.65. The second kappa shape index (κ2) is 8.38. The quantitative estimate of drug-likeness (QED) is 0.892. The van der Waals surface area contributed by atoms with E-state index < -0.39 is 11.7 Å². The van der Waals surface area contributed by atoms with E-state index in [-0.39, 0.29) is 17.4 Å². The van der Waals surface area contributed by atoms with Crippen LogP contribution in [0.2, 0.25) is 0 Å². The minimum atomic E-state index is -0.539. The van der Waals surface area contributed by atoms with Crippen LogP contribution in [0.3, 0.4) is 0 Å². The summed E-state index contributed by atoms with van der Waals surface area (Å²) in [6, 6.07) is 12.2. The minimum Gasteiger partial charge on any atom is -0.350 e. The molecule has 2 aromatic carbocycles. The third kappa shape index (κ3) is 4.45. The van der Waals surface area contributed by atoms with Crippen LogP contribution in [0.25, 0.3) is 0 Å². The molecular formula is C20H23F2N3O. The van der Waals surface area contributed by atoms with Crippen molar-refractivity contribution in [1.29, 1.82) is 0 Å². The molecule has 0 spiro atoms. The molecule has 0 aromatic heterocycles. The lowest BCUT2D eigenvalue weighted by atomic mass is 10.0. The topological polar surface area (TPSA) is 35.6 Å². The molecule has 6 heteroatoms. The summed E-state index contributed by atoms with van der Waals surface area (Å²) < 4.78 is 27.1. The van der Waals surface area contributed by atoms with E-state index in [2.05, 4.69) is 22.2 Å². The first kappa shape index (κ1) is 18.5. The molecule has 1 heterocycles. The van der Waals surface area contributed by atoms with E-state index in [1.807, 2.05) is 0 Å². The van der Waals surface area contributed by atoms with E-state index in [0.29, 0.717) is 6.54 Å². The predicted octanol–water partition coefficient (Wildman–Crippen LogP) is 2.68. The van der Waals surface area contributed by atoms with Crippen molar-refractivity contribution < 1.29 is 13.6 Å². The summed E-state index contributed by atoms with van der Waals surface area (Å²) in [6.07, 6.45) is 0. The van der Waals surface area contributed by atoms with Gasteiger partial charge in [0.2, 0.25) is 0 Å². The minimum absolute atomic E-state index is 0.0312. The molecule has 138 valence electrons. The van der Waals surface area contributed by atoms with Crippen molar-refractivity contribution in [3.8, 4) is 0 Å². The summed E-state index contributed by atoms with van der Waals surface area (Å²) >= 11 is 0. The van der Waals surface area contributed by atoms with Crippen molar-refractivity contribution in [2.45, 2.75) is 6.04 Å². The van der Waals surface area contributed by atoms with Crippen molar-refractivity contribution >= 4 is 5.91 Å². The first-order valence-corrected chi connectivity index (χ1v) is 8.75. The van der Waals surface area contributed by atoms with Gasteiger partial charge in [0.05, 0.1) is 11.6 Å². The molecule has 1 N–H and O–H groups in total. The van der Waals surface area contributed by atoms with Crippen LogP contribution in [-0.2, 0) is 0 Å². The number of likely N-dealkylation sites (N-methyl/N-ethyl adjacent to an activating group) is 1. The molecule has 3 rings (SSSR count). The highest BCUT2D eigenvalue weighted by Crippen LogP contribution is 2.22. The standard InChI is InChI=1S/C20H23F2N3O/c1-24-10-12-25(13-11-24)19(15-6-8-16(21)9-7-15)14-23-20(26)17-4-2-3-5-18(17)22/h2-9,19H,10-14H2,1H3,(H,23,26)/t19-/m0/s1. The van der Waals surface area contributed by atoms with Gasteiger partial charge in [-0.2, -0.15) is 0 Å². The van der Waals surface area contributed by atoms with Gasteiger partial charge in [0.1, 0.15) is 11.6 Å². The Kier molecular flexibility index (Phi) is 5.96. The lowest BCUT2D eigenvalue weighted by molar-refractivity contribution is 0.0882. The predicted molar refractivity (Wildman–Crippen MR) is 96.9 cm³/mol. The summed E-state index contributed by atoms with van der Waals surface area (Å²) in [5, 5.41) is 2.83. The zero-order valence-electron chi connectivity index (χ0n) is 14.8. The Morgan fingerprint density at radius 1 is 1.04 bits per heavy atom. The number of carbonyl (C=O) groups is 1. The molecular weight excluding hydrogens is 336 g/mol. The van der Waals surface area contributed by atoms with Crippen molar-refractivity contribution in [2.24, 2.45) is 0 Å². The molecule has 0 unspecified atom stereocenters. The van der Waals surface area contributed by atoms with Gasteiger partial charge in [-0.25, -0.2) is 8.78 Å². The van der Waals surface area contributed by atoms with Crippen LogP contribution < -0.4 is 5.32 Å². The van der Waals surface area contributed by atoms with Gasteiger partial charge in [-0.15, -0.1) is 0 Å². The molecule has 0 bridgehead atoms. The summed E-state index contributed by atoms with van der Waals surface area (Å²) in [5.41, 5.74) is 0.966. The van der Waals surface area contributed by atoms with E-state index in [1.54, 1.807) is 24.3 Å². The van der Waals surface area contributed by atoms with Crippen LogP contribution >= 0.6 is 0 Å². The number of nitrogens with zero attached hydrogens (tertiary/aromatic N) is 2. The van der Waals surface area contributed by atoms with Crippen molar-refractivity contribution in [1.82, 2.24) is 15.1 Å². The molecule has 1 aliphatic rings. The Morgan fingerprint density at radius 2 is 1.69 bits per heavy atom. The molecule has 2 aromatic rings. The van der Waals surface area contributed by atoms with Gasteiger partial charge in [-0.1, -0.05) is 24.3 Å². The number of carbonyl (C=O) groups excluding carboxylic acids is 1. The Bertz CT molecular complexity index is 743. The zero-order valence-corrected chi connectivity index (χ0v) is 14.8. The highest BCUT2D eigenvalue weighted by molar-refractivity contribution is 5.94. The van der Waals surface area contributed by atoms with E-state index in [0.717, 1.165) is 31.7 Å². The largest absolute Gasteiger partial charge is 0.350 e. The maximum Gasteiger partial charge on any atom is 0.254 e. The maximum atomic E-state index is 13.8. The highest BCUT2D eigenvalue weighted by Gasteiger charge is 2.25. The van der Waals surface area contributed by atoms with Crippen LogP contribution in [-0.4, -0.2) is 55.5 Å². The molecule has 1 atom stereocenters. The average molecular weight is 359 g/mol. The Balaban J connectivity index is 1.74. The number of nitrogens with one attached hydrogen (secondary N) is 1. The number of hydrogen-bond acceptors (Lipinski definition) is 3. The molecule has 1 aliphatic heterocycles. The fourth-order valence-electron chi connectivity index (χ4n) is 3.21. The van der Waals surface area contributed by atoms with Crippen molar-refractivity contribution in [3.05, 3.63) is 71.3 Å². The normalized spacial score (nSPS) is 17.0. The molecule has 0 saturated carbocycles. The van der Waals surface area contributed by atoms with Crippen LogP contribution in [0.1, 0.15) is 22.0 Å². The maximum absolute atomic E-state index is 13.8. The second-order valence-electron chi connectivity index (χ2n) is 6.60. The number of piperazine rings is 1. The molecule has 26 heavy (non-hydrogen) atoms. The molecule has 1 amide bonds. The van der Waals surface area contributed by atoms with Gasteiger partial charge >= 0.3 is 0 Å². The number of amides is 1. The summed E-state index contributed by atoms with van der Waals surface area (Å²) in [4.78, 5) is 16.9. The van der Waals surface area contributed by atoms with Gasteiger partial charge in [0.15, 0.2) is 0 Å². The molecule has 1 fully saturated rings. The smallest absolute Gasteiger partial charge is 0.254 e. The Morgan fingerprint density at radius 3 is 2.35 bits per heavy atom. The van der Waals surface area contributed by atoms with Gasteiger partial charge in [0.25, 0.3) is 5.91 Å². The zero-order chi connectivity index (χ0) is 18.5. The van der Waals surface area contributed by atoms with Gasteiger partial charge in [0, 0.05) is 32.7 Å². The Hall–Kier alpha value is -2.31. The molecule has 1 saturated heterocycles. The number of benzene rings is 2. The fraction of sp³-hybridized carbons (Fsp3) is 0.350. The van der Waals surface area contributed by atoms with E-state index in [4.69, 9.17) is 0 Å². The van der Waals surface area contributed by atoms with E-state index in [9.17, 15) is 13.6 Å². The van der Waals surface area contributed by atoms with Crippen molar-refractivity contribution in [2.75, 3.05) is 39.8 Å². The lowest BCUT2D eigenvalue weighted by Crippen LogP contribution is -2.48. The third-order valence-corrected chi connectivity index (χ3v) is 4.81. The van der Waals surface area contributed by atoms with Crippen LogP contribution in [0.4, 0.5) is 8.78 Å². The van der Waals surface area contributed by atoms with Crippen LogP contribution in [0.5, 0.6) is 0 Å². The van der Waals surface area contributed by atoms with E-state index >= 15 is 0 Å². The van der Waals surface area contributed by atoms with Gasteiger partial charge in [-0.05, 0) is 36.9 Å². The SMILES string of the molecule is CN1CCN([C@@H](CNC(=O)c2ccccc2F)c2ccc(F)cc2)CC1. The molecule has 0 radical (unpaired) electrons. The van der Waals surface area contributed by atoms with Gasteiger partial charge < -0.3 is 10.2 Å². The number of halogens is 2. The molecule has 4 nitrogen and oxygen atoms in total. The first-order chi connectivity index (χ1) is 12.5. The second-order valence-corrected chi connectivity index (χ2v) is 6.60. The monoisotopic (exact) mass is 359 g/mol. The highest BCUT2D eigenvalue weighted by atomic mass is 19.1. The third-order valence-electron chi connectivity index (χ3n) is 4.81. The summed E-state index contributed by atoms with van der Waals surface area (Å²) in [7, 11) is 2.07. The summed E-state index contributed by atoms with van der Waals surface area (Å²) in [6.45, 7) is 3.91. The fourth-order valence-corrected chi connectivity index (χ4v) is 3.21. The number of rotatable bonds is 5. The summed E-state index contributed by atoms with van der Waals surface area (Å²) in [5.74, 6) is -1.27. The van der Waals surface area contributed by atoms with Crippen LogP contribution in [0, 0.1) is 11.6 Å². The van der Waals surface area contributed by atoms with Crippen LogP contribution in [0.15, 0.2) is 48.5 Å². The van der Waals surface area contributed by atoms with Gasteiger partial charge in [-0.3, -0.25) is 9.69 Å². The first-order valence-electron chi connectivity index (χ1n) is 8.75. The lowest BCUT2D eigenvalue weighted by Gasteiger charge is -2.38. The van der Waals surface area contributed by atoms with Crippen molar-refractivity contribution in [3.63, 3.8) is 0 Å². The Labute approximate surface area is 152 Å².